The van der Waals surface area contributed by atoms with Crippen molar-refractivity contribution >= 4 is 0 Å². The highest BCUT2D eigenvalue weighted by molar-refractivity contribution is 5.82. The minimum atomic E-state index is 0.0268. The molecule has 4 heterocycles. The molecule has 0 bridgehead atoms. The van der Waals surface area contributed by atoms with E-state index in [1.807, 2.05) is 36.7 Å². The second-order valence-electron chi connectivity index (χ2n) is 12.5. The van der Waals surface area contributed by atoms with Crippen LogP contribution < -0.4 is 4.57 Å². The van der Waals surface area contributed by atoms with E-state index in [0.29, 0.717) is 0 Å². The van der Waals surface area contributed by atoms with E-state index in [2.05, 4.69) is 139 Å². The number of rotatable bonds is 7. The summed E-state index contributed by atoms with van der Waals surface area (Å²) in [7, 11) is 0. The lowest BCUT2D eigenvalue weighted by atomic mass is 9.58. The summed E-state index contributed by atoms with van der Waals surface area (Å²) < 4.78 is 2.58. The molecule has 3 aromatic carbocycles. The van der Waals surface area contributed by atoms with Gasteiger partial charge in [0, 0.05) is 48.5 Å². The Morgan fingerprint density at radius 1 is 0.533 bits per heavy atom. The molecule has 1 aliphatic heterocycles. The summed E-state index contributed by atoms with van der Waals surface area (Å²) in [6.07, 6.45) is 9.28. The van der Waals surface area contributed by atoms with Gasteiger partial charge in [-0.25, -0.2) is 0 Å². The van der Waals surface area contributed by atoms with Crippen molar-refractivity contribution < 1.29 is 4.57 Å². The van der Waals surface area contributed by atoms with Crippen molar-refractivity contribution in [3.63, 3.8) is 0 Å². The lowest BCUT2D eigenvalue weighted by Crippen LogP contribution is -2.68. The lowest BCUT2D eigenvalue weighted by Gasteiger charge is -2.47. The summed E-state index contributed by atoms with van der Waals surface area (Å²) in [5.74, 6) is 0. The minimum Gasteiger partial charge on any atom is -0.256 e. The molecule has 0 spiro atoms. The second kappa shape index (κ2) is 11.6. The molecular weight excluding hydrogens is 546 g/mol. The summed E-state index contributed by atoms with van der Waals surface area (Å²) in [6, 6.07) is 41.6. The third-order valence-electron chi connectivity index (χ3n) is 10.5. The van der Waals surface area contributed by atoms with Gasteiger partial charge in [0.25, 0.3) is 0 Å². The van der Waals surface area contributed by atoms with Crippen LogP contribution in [0.3, 0.4) is 0 Å². The largest absolute Gasteiger partial charge is 0.256 e. The van der Waals surface area contributed by atoms with Crippen molar-refractivity contribution in [2.24, 2.45) is 0 Å². The molecule has 3 nitrogen and oxygen atoms in total. The molecule has 0 amide bonds. The Morgan fingerprint density at radius 2 is 1.11 bits per heavy atom. The molecule has 3 aromatic heterocycles. The molecule has 222 valence electrons. The van der Waals surface area contributed by atoms with Crippen LogP contribution in [0.2, 0.25) is 0 Å². The number of nitrogens with zero attached hydrogens (tertiary/aromatic N) is 3. The summed E-state index contributed by atoms with van der Waals surface area (Å²) in [4.78, 5) is 9.32. The summed E-state index contributed by atoms with van der Waals surface area (Å²) in [6.45, 7) is 9.55. The van der Waals surface area contributed by atoms with Crippen molar-refractivity contribution in [2.45, 2.75) is 57.9 Å². The predicted molar refractivity (Wildman–Crippen MR) is 186 cm³/mol. The maximum Gasteiger partial charge on any atom is 0.213 e. The SMILES string of the molecule is CCC1(C)c2ccc(-c3cccc(-c4cc(-c5ccccn5)cc(-c5ccccn5)c4)c3)cc2-c2cccc[n+]2C1(CC)CC. The number of benzene rings is 3. The Bertz CT molecular complexity index is 1920. The molecule has 7 rings (SSSR count). The predicted octanol–water partition coefficient (Wildman–Crippen LogP) is 10.3. The molecule has 0 fully saturated rings. The highest BCUT2D eigenvalue weighted by Crippen LogP contribution is 2.51. The van der Waals surface area contributed by atoms with Crippen LogP contribution in [0, 0.1) is 0 Å². The molecular formula is C42H40N3+. The molecule has 0 saturated carbocycles. The number of aromatic nitrogens is 3. The van der Waals surface area contributed by atoms with E-state index in [-0.39, 0.29) is 11.0 Å². The van der Waals surface area contributed by atoms with Crippen LogP contribution in [0.5, 0.6) is 0 Å². The van der Waals surface area contributed by atoms with E-state index in [1.54, 1.807) is 0 Å². The van der Waals surface area contributed by atoms with Crippen molar-refractivity contribution in [2.75, 3.05) is 0 Å². The van der Waals surface area contributed by atoms with Gasteiger partial charge in [0.2, 0.25) is 5.69 Å². The first-order valence-corrected chi connectivity index (χ1v) is 16.3. The molecule has 6 aromatic rings. The van der Waals surface area contributed by atoms with Gasteiger partial charge in [-0.3, -0.25) is 9.97 Å². The van der Waals surface area contributed by atoms with E-state index >= 15 is 0 Å². The van der Waals surface area contributed by atoms with Gasteiger partial charge < -0.3 is 0 Å². The maximum atomic E-state index is 4.66. The van der Waals surface area contributed by atoms with Gasteiger partial charge in [0.1, 0.15) is 0 Å². The zero-order valence-corrected chi connectivity index (χ0v) is 26.7. The second-order valence-corrected chi connectivity index (χ2v) is 12.5. The first-order chi connectivity index (χ1) is 22.0. The van der Waals surface area contributed by atoms with E-state index in [9.17, 15) is 0 Å². The lowest BCUT2D eigenvalue weighted by molar-refractivity contribution is -0.769. The van der Waals surface area contributed by atoms with Crippen molar-refractivity contribution in [1.29, 1.82) is 0 Å². The summed E-state index contributed by atoms with van der Waals surface area (Å²) >= 11 is 0. The Hall–Kier alpha value is -4.89. The van der Waals surface area contributed by atoms with E-state index in [1.165, 1.54) is 33.5 Å². The molecule has 0 aliphatic carbocycles. The molecule has 1 atom stereocenters. The molecule has 1 unspecified atom stereocenters. The van der Waals surface area contributed by atoms with E-state index in [0.717, 1.165) is 47.3 Å². The highest BCUT2D eigenvalue weighted by atomic mass is 15.1. The van der Waals surface area contributed by atoms with Crippen molar-refractivity contribution in [3.05, 3.63) is 139 Å². The Morgan fingerprint density at radius 3 is 1.71 bits per heavy atom. The van der Waals surface area contributed by atoms with Gasteiger partial charge in [0.05, 0.1) is 22.4 Å². The Kier molecular flexibility index (Phi) is 7.41. The molecule has 0 N–H and O–H groups in total. The first-order valence-electron chi connectivity index (χ1n) is 16.3. The zero-order chi connectivity index (χ0) is 31.0. The maximum absolute atomic E-state index is 4.66. The summed E-state index contributed by atoms with van der Waals surface area (Å²) in [5.41, 5.74) is 13.0. The zero-order valence-electron chi connectivity index (χ0n) is 26.7. The summed E-state index contributed by atoms with van der Waals surface area (Å²) in [5, 5.41) is 0. The van der Waals surface area contributed by atoms with E-state index in [4.69, 9.17) is 0 Å². The van der Waals surface area contributed by atoms with Crippen LogP contribution in [-0.4, -0.2) is 9.97 Å². The average Bonchev–Trinajstić information content (AvgIpc) is 3.12. The fourth-order valence-electron chi connectivity index (χ4n) is 7.90. The Labute approximate surface area is 267 Å². The fraction of sp³-hybridized carbons (Fsp3) is 0.214. The van der Waals surface area contributed by atoms with Gasteiger partial charge in [-0.05, 0) is 102 Å². The average molecular weight is 587 g/mol. The van der Waals surface area contributed by atoms with Crippen LogP contribution in [0.15, 0.2) is 134 Å². The quantitative estimate of drug-likeness (QED) is 0.174. The standard InChI is InChI=1S/C42H40N3/c1-5-41(4)37-21-20-32(29-36(37)40-19-10-13-24-45(40)42(41,6-2)7-3)30-15-14-16-31(25-30)33-26-34(38-17-8-11-22-43-38)28-35(27-33)39-18-9-12-23-44-39/h8-29H,5-7H2,1-4H3/q+1. The van der Waals surface area contributed by atoms with Gasteiger partial charge >= 0.3 is 0 Å². The highest BCUT2D eigenvalue weighted by Gasteiger charge is 2.58. The monoisotopic (exact) mass is 586 g/mol. The normalized spacial score (nSPS) is 16.5. The van der Waals surface area contributed by atoms with Crippen LogP contribution in [0.4, 0.5) is 0 Å². The third-order valence-corrected chi connectivity index (χ3v) is 10.5. The molecule has 1 aliphatic rings. The van der Waals surface area contributed by atoms with Crippen LogP contribution >= 0.6 is 0 Å². The number of hydrogen-bond acceptors (Lipinski definition) is 2. The molecule has 3 heteroatoms. The van der Waals surface area contributed by atoms with Crippen LogP contribution in [-0.2, 0) is 11.0 Å². The van der Waals surface area contributed by atoms with Crippen molar-refractivity contribution in [1.82, 2.24) is 9.97 Å². The topological polar surface area (TPSA) is 29.7 Å². The van der Waals surface area contributed by atoms with Gasteiger partial charge in [-0.15, -0.1) is 0 Å². The van der Waals surface area contributed by atoms with Crippen molar-refractivity contribution in [3.8, 4) is 56.0 Å². The Balaban J connectivity index is 1.36. The molecule has 45 heavy (non-hydrogen) atoms. The van der Waals surface area contributed by atoms with Gasteiger partial charge in [-0.2, -0.15) is 4.57 Å². The molecule has 0 radical (unpaired) electrons. The smallest absolute Gasteiger partial charge is 0.213 e. The van der Waals surface area contributed by atoms with Crippen LogP contribution in [0.25, 0.3) is 56.0 Å². The number of hydrogen-bond donors (Lipinski definition) is 0. The van der Waals surface area contributed by atoms with Gasteiger partial charge in [-0.1, -0.05) is 63.2 Å². The number of fused-ring (bicyclic) bond motifs is 3. The molecule has 0 saturated heterocycles. The van der Waals surface area contributed by atoms with Gasteiger partial charge in [0.15, 0.2) is 11.7 Å². The fourth-order valence-corrected chi connectivity index (χ4v) is 7.90. The number of pyridine rings is 3. The first kappa shape index (κ1) is 28.9. The van der Waals surface area contributed by atoms with Crippen LogP contribution in [0.1, 0.15) is 52.5 Å². The van der Waals surface area contributed by atoms with E-state index < -0.39 is 0 Å². The third kappa shape index (κ3) is 4.69. The minimum absolute atomic E-state index is 0.0268.